The number of aliphatic hydroxyl groups excluding tert-OH is 1. The van der Waals surface area contributed by atoms with Crippen molar-refractivity contribution in [2.75, 3.05) is 13.2 Å². The molecule has 0 bridgehead atoms. The average molecular weight is 428 g/mol. The molecule has 0 aliphatic heterocycles. The molecule has 5 heteroatoms. The van der Waals surface area contributed by atoms with Gasteiger partial charge in [0.1, 0.15) is 24.3 Å². The van der Waals surface area contributed by atoms with E-state index in [1.54, 1.807) is 36.4 Å². The Hall–Kier alpha value is -2.40. The van der Waals surface area contributed by atoms with Crippen molar-refractivity contribution in [1.82, 2.24) is 4.90 Å². The van der Waals surface area contributed by atoms with Gasteiger partial charge in [0.25, 0.3) is 0 Å². The average Bonchev–Trinajstić information content (AvgIpc) is 2.71. The molecular formula is C25H27ClFNO2. The molecule has 0 saturated carbocycles. The summed E-state index contributed by atoms with van der Waals surface area (Å²) in [5.74, 6) is 0.411. The summed E-state index contributed by atoms with van der Waals surface area (Å²) < 4.78 is 19.0. The van der Waals surface area contributed by atoms with Crippen molar-refractivity contribution < 1.29 is 14.2 Å². The zero-order valence-corrected chi connectivity index (χ0v) is 18.1. The Morgan fingerprint density at radius 1 is 0.967 bits per heavy atom. The van der Waals surface area contributed by atoms with Gasteiger partial charge in [-0.1, -0.05) is 47.5 Å². The van der Waals surface area contributed by atoms with Gasteiger partial charge < -0.3 is 9.84 Å². The van der Waals surface area contributed by atoms with Crippen molar-refractivity contribution in [3.63, 3.8) is 0 Å². The number of rotatable bonds is 9. The SMILES string of the molecule is Cc1ccc(CN(Cc2ccc(F)cc2)C[C@H](O)COc2ccc(Cl)cc2)c(C)c1. The first kappa shape index (κ1) is 22.3. The fourth-order valence-electron chi connectivity index (χ4n) is 3.37. The fraction of sp³-hybridized carbons (Fsp3) is 0.280. The predicted molar refractivity (Wildman–Crippen MR) is 119 cm³/mol. The van der Waals surface area contributed by atoms with Crippen LogP contribution in [0.3, 0.4) is 0 Å². The van der Waals surface area contributed by atoms with E-state index in [0.717, 1.165) is 5.56 Å². The van der Waals surface area contributed by atoms with Crippen molar-refractivity contribution in [3.05, 3.63) is 99.8 Å². The van der Waals surface area contributed by atoms with E-state index in [-0.39, 0.29) is 12.4 Å². The van der Waals surface area contributed by atoms with E-state index in [0.29, 0.717) is 30.4 Å². The van der Waals surface area contributed by atoms with Crippen LogP contribution in [0.15, 0.2) is 66.7 Å². The van der Waals surface area contributed by atoms with Crippen LogP contribution in [0.4, 0.5) is 4.39 Å². The minimum Gasteiger partial charge on any atom is -0.491 e. The van der Waals surface area contributed by atoms with Crippen LogP contribution in [0.25, 0.3) is 0 Å². The van der Waals surface area contributed by atoms with Crippen LogP contribution in [-0.4, -0.2) is 29.3 Å². The van der Waals surface area contributed by atoms with Crippen molar-refractivity contribution in [3.8, 4) is 5.75 Å². The molecule has 0 aliphatic carbocycles. The summed E-state index contributed by atoms with van der Waals surface area (Å²) >= 11 is 5.89. The lowest BCUT2D eigenvalue weighted by Gasteiger charge is -2.26. The summed E-state index contributed by atoms with van der Waals surface area (Å²) in [4.78, 5) is 2.15. The third kappa shape index (κ3) is 6.84. The van der Waals surface area contributed by atoms with E-state index in [1.165, 1.54) is 28.8 Å². The first-order chi connectivity index (χ1) is 14.4. The summed E-state index contributed by atoms with van der Waals surface area (Å²) in [6.07, 6.45) is -0.674. The third-order valence-corrected chi connectivity index (χ3v) is 5.19. The molecule has 0 heterocycles. The maximum Gasteiger partial charge on any atom is 0.123 e. The second kappa shape index (κ2) is 10.6. The van der Waals surface area contributed by atoms with Gasteiger partial charge in [-0.3, -0.25) is 4.90 Å². The van der Waals surface area contributed by atoms with Gasteiger partial charge in [0.15, 0.2) is 0 Å². The fourth-order valence-corrected chi connectivity index (χ4v) is 3.50. The van der Waals surface area contributed by atoms with Crippen molar-refractivity contribution >= 4 is 11.6 Å². The molecule has 0 fully saturated rings. The Bertz CT molecular complexity index is 944. The lowest BCUT2D eigenvalue weighted by molar-refractivity contribution is 0.0628. The maximum atomic E-state index is 13.3. The highest BCUT2D eigenvalue weighted by molar-refractivity contribution is 6.30. The first-order valence-electron chi connectivity index (χ1n) is 9.98. The summed E-state index contributed by atoms with van der Waals surface area (Å²) in [7, 11) is 0. The summed E-state index contributed by atoms with van der Waals surface area (Å²) in [6, 6.07) is 19.9. The van der Waals surface area contributed by atoms with E-state index in [4.69, 9.17) is 16.3 Å². The highest BCUT2D eigenvalue weighted by atomic mass is 35.5. The van der Waals surface area contributed by atoms with Gasteiger partial charge in [-0.2, -0.15) is 0 Å². The number of nitrogens with zero attached hydrogens (tertiary/aromatic N) is 1. The Morgan fingerprint density at radius 2 is 1.67 bits per heavy atom. The molecule has 0 unspecified atom stereocenters. The molecule has 0 saturated heterocycles. The van der Waals surface area contributed by atoms with Crippen LogP contribution < -0.4 is 4.74 Å². The molecule has 0 spiro atoms. The van der Waals surface area contributed by atoms with E-state index in [9.17, 15) is 9.50 Å². The number of aryl methyl sites for hydroxylation is 2. The number of hydrogen-bond donors (Lipinski definition) is 1. The zero-order valence-electron chi connectivity index (χ0n) is 17.3. The third-order valence-electron chi connectivity index (χ3n) is 4.94. The number of halogens is 2. The Kier molecular flexibility index (Phi) is 7.86. The Morgan fingerprint density at radius 3 is 2.33 bits per heavy atom. The Labute approximate surface area is 182 Å². The van der Waals surface area contributed by atoms with Gasteiger partial charge in [0, 0.05) is 24.7 Å². The molecule has 158 valence electrons. The second-order valence-electron chi connectivity index (χ2n) is 7.64. The number of aliphatic hydroxyl groups is 1. The standard InChI is InChI=1S/C25H27ClFNO2/c1-18-3-6-21(19(2)13-18)15-28(14-20-4-9-23(27)10-5-20)16-24(29)17-30-25-11-7-22(26)8-12-25/h3-13,24,29H,14-17H2,1-2H3/t24-/m0/s1. The van der Waals surface area contributed by atoms with E-state index < -0.39 is 6.10 Å². The van der Waals surface area contributed by atoms with Gasteiger partial charge in [0.2, 0.25) is 0 Å². The Balaban J connectivity index is 1.67. The number of benzene rings is 3. The van der Waals surface area contributed by atoms with Crippen molar-refractivity contribution in [2.45, 2.75) is 33.0 Å². The maximum absolute atomic E-state index is 13.3. The molecule has 0 aliphatic rings. The molecule has 0 aromatic heterocycles. The highest BCUT2D eigenvalue weighted by Crippen LogP contribution is 2.18. The molecule has 3 rings (SSSR count). The molecule has 1 atom stereocenters. The molecule has 3 aromatic carbocycles. The lowest BCUT2D eigenvalue weighted by Crippen LogP contribution is -2.35. The van der Waals surface area contributed by atoms with Crippen molar-refractivity contribution in [1.29, 1.82) is 0 Å². The topological polar surface area (TPSA) is 32.7 Å². The molecule has 3 aromatic rings. The second-order valence-corrected chi connectivity index (χ2v) is 8.08. The number of ether oxygens (including phenoxy) is 1. The zero-order chi connectivity index (χ0) is 21.5. The molecule has 30 heavy (non-hydrogen) atoms. The minimum absolute atomic E-state index is 0.175. The van der Waals surface area contributed by atoms with Gasteiger partial charge >= 0.3 is 0 Å². The smallest absolute Gasteiger partial charge is 0.123 e. The monoisotopic (exact) mass is 427 g/mol. The lowest BCUT2D eigenvalue weighted by atomic mass is 10.0. The van der Waals surface area contributed by atoms with E-state index in [1.807, 2.05) is 0 Å². The van der Waals surface area contributed by atoms with Crippen LogP contribution in [0.5, 0.6) is 5.75 Å². The molecule has 3 nitrogen and oxygen atoms in total. The van der Waals surface area contributed by atoms with Gasteiger partial charge in [-0.15, -0.1) is 0 Å². The van der Waals surface area contributed by atoms with E-state index in [2.05, 4.69) is 36.9 Å². The van der Waals surface area contributed by atoms with Gasteiger partial charge in [-0.05, 0) is 66.9 Å². The minimum atomic E-state index is -0.674. The van der Waals surface area contributed by atoms with Crippen LogP contribution in [0, 0.1) is 19.7 Å². The van der Waals surface area contributed by atoms with Gasteiger partial charge in [-0.25, -0.2) is 4.39 Å². The molecule has 0 amide bonds. The summed E-state index contributed by atoms with van der Waals surface area (Å²) in [6.45, 7) is 6.06. The van der Waals surface area contributed by atoms with Crippen LogP contribution in [0.2, 0.25) is 5.02 Å². The summed E-state index contributed by atoms with van der Waals surface area (Å²) in [5, 5.41) is 11.2. The van der Waals surface area contributed by atoms with Crippen LogP contribution >= 0.6 is 11.6 Å². The van der Waals surface area contributed by atoms with Crippen LogP contribution in [0.1, 0.15) is 22.3 Å². The highest BCUT2D eigenvalue weighted by Gasteiger charge is 2.15. The molecule has 0 radical (unpaired) electrons. The molecule has 1 N–H and O–H groups in total. The largest absolute Gasteiger partial charge is 0.491 e. The normalized spacial score (nSPS) is 12.2. The first-order valence-corrected chi connectivity index (χ1v) is 10.4. The quantitative estimate of drug-likeness (QED) is 0.486. The molecular weight excluding hydrogens is 401 g/mol. The van der Waals surface area contributed by atoms with E-state index >= 15 is 0 Å². The number of hydrogen-bond acceptors (Lipinski definition) is 3. The summed E-state index contributed by atoms with van der Waals surface area (Å²) in [5.41, 5.74) is 4.63. The van der Waals surface area contributed by atoms with Crippen LogP contribution in [-0.2, 0) is 13.1 Å². The van der Waals surface area contributed by atoms with Gasteiger partial charge in [0.05, 0.1) is 0 Å². The van der Waals surface area contributed by atoms with Crippen molar-refractivity contribution in [2.24, 2.45) is 0 Å². The predicted octanol–water partition coefficient (Wildman–Crippen LogP) is 5.54.